The van der Waals surface area contributed by atoms with Gasteiger partial charge < -0.3 is 14.5 Å². The second-order valence-electron chi connectivity index (χ2n) is 5.94. The number of hydrogen-bond donors (Lipinski definition) is 0. The van der Waals surface area contributed by atoms with E-state index in [0.29, 0.717) is 18.2 Å². The molecule has 0 aromatic carbocycles. The van der Waals surface area contributed by atoms with Crippen LogP contribution in [0, 0.1) is 5.92 Å². The van der Waals surface area contributed by atoms with E-state index in [0.717, 1.165) is 39.2 Å². The zero-order chi connectivity index (χ0) is 14.8. The summed E-state index contributed by atoms with van der Waals surface area (Å²) in [6.07, 6.45) is 2.86. The highest BCUT2D eigenvalue weighted by Crippen LogP contribution is 2.25. The van der Waals surface area contributed by atoms with Crippen molar-refractivity contribution in [3.63, 3.8) is 0 Å². The largest absolute Gasteiger partial charge is 0.375 e. The van der Waals surface area contributed by atoms with E-state index in [4.69, 9.17) is 4.74 Å². The van der Waals surface area contributed by atoms with Gasteiger partial charge in [0, 0.05) is 45.3 Å². The van der Waals surface area contributed by atoms with Crippen molar-refractivity contribution in [2.75, 3.05) is 39.3 Å². The number of carbonyl (C=O) groups is 1. The molecule has 0 saturated carbocycles. The number of piperidine rings is 1. The van der Waals surface area contributed by atoms with Gasteiger partial charge in [0.1, 0.15) is 5.69 Å². The zero-order valence-electron chi connectivity index (χ0n) is 12.9. The molecule has 2 aliphatic rings. The van der Waals surface area contributed by atoms with E-state index >= 15 is 0 Å². The Morgan fingerprint density at radius 2 is 2.29 bits per heavy atom. The van der Waals surface area contributed by atoms with Crippen molar-refractivity contribution in [2.45, 2.75) is 19.4 Å². The molecular formula is C15H24N4O2. The summed E-state index contributed by atoms with van der Waals surface area (Å²) in [6.45, 7) is 7.64. The van der Waals surface area contributed by atoms with Gasteiger partial charge in [0.15, 0.2) is 0 Å². The lowest BCUT2D eigenvalue weighted by molar-refractivity contribution is -0.0173. The minimum Gasteiger partial charge on any atom is -0.375 e. The van der Waals surface area contributed by atoms with Crippen LogP contribution in [0.15, 0.2) is 12.3 Å². The van der Waals surface area contributed by atoms with Crippen LogP contribution in [0.1, 0.15) is 23.8 Å². The number of aromatic nitrogens is 2. The Morgan fingerprint density at radius 1 is 1.43 bits per heavy atom. The molecule has 6 heteroatoms. The molecule has 0 spiro atoms. The fraction of sp³-hybridized carbons (Fsp3) is 0.733. The number of fused-ring (bicyclic) bond motifs is 1. The molecular weight excluding hydrogens is 268 g/mol. The second kappa shape index (κ2) is 6.15. The maximum Gasteiger partial charge on any atom is 0.272 e. The Kier molecular flexibility index (Phi) is 4.26. The van der Waals surface area contributed by atoms with Crippen molar-refractivity contribution >= 4 is 5.91 Å². The second-order valence-corrected chi connectivity index (χ2v) is 5.94. The number of aryl methyl sites for hydroxylation is 1. The lowest BCUT2D eigenvalue weighted by Gasteiger charge is -2.37. The Labute approximate surface area is 125 Å². The van der Waals surface area contributed by atoms with Crippen LogP contribution in [0.3, 0.4) is 0 Å². The first-order chi connectivity index (χ1) is 10.2. The van der Waals surface area contributed by atoms with E-state index < -0.39 is 0 Å². The number of nitrogens with zero attached hydrogens (tertiary/aromatic N) is 4. The number of ether oxygens (including phenoxy) is 1. The Bertz CT molecular complexity index is 502. The lowest BCUT2D eigenvalue weighted by Crippen LogP contribution is -2.49. The maximum absolute atomic E-state index is 12.6. The number of hydrogen-bond acceptors (Lipinski definition) is 4. The van der Waals surface area contributed by atoms with Crippen molar-refractivity contribution in [3.05, 3.63) is 18.0 Å². The predicted octanol–water partition coefficient (Wildman–Crippen LogP) is 0.603. The van der Waals surface area contributed by atoms with Crippen LogP contribution in [0.5, 0.6) is 0 Å². The first kappa shape index (κ1) is 14.5. The summed E-state index contributed by atoms with van der Waals surface area (Å²) in [6, 6.07) is 1.78. The zero-order valence-corrected chi connectivity index (χ0v) is 12.9. The molecule has 3 rings (SSSR count). The molecule has 21 heavy (non-hydrogen) atoms. The normalized spacial score (nSPS) is 27.2. The van der Waals surface area contributed by atoms with Crippen LogP contribution >= 0.6 is 0 Å². The molecule has 1 aromatic rings. The number of carbonyl (C=O) groups excluding carboxylic acids is 1. The molecule has 1 aromatic heterocycles. The van der Waals surface area contributed by atoms with Crippen molar-refractivity contribution in [3.8, 4) is 0 Å². The number of likely N-dealkylation sites (N-methyl/N-ethyl adjacent to an activating group) is 1. The Balaban J connectivity index is 1.67. The van der Waals surface area contributed by atoms with Crippen molar-refractivity contribution < 1.29 is 9.53 Å². The van der Waals surface area contributed by atoms with Gasteiger partial charge in [-0.25, -0.2) is 0 Å². The molecule has 6 nitrogen and oxygen atoms in total. The fourth-order valence-electron chi connectivity index (χ4n) is 3.34. The van der Waals surface area contributed by atoms with Gasteiger partial charge >= 0.3 is 0 Å². The molecule has 2 aliphatic heterocycles. The van der Waals surface area contributed by atoms with Gasteiger partial charge in [-0.2, -0.15) is 5.10 Å². The highest BCUT2D eigenvalue weighted by Gasteiger charge is 2.35. The van der Waals surface area contributed by atoms with Crippen LogP contribution < -0.4 is 0 Å². The first-order valence-corrected chi connectivity index (χ1v) is 7.80. The van der Waals surface area contributed by atoms with Gasteiger partial charge in [0.25, 0.3) is 5.91 Å². The van der Waals surface area contributed by atoms with E-state index in [1.54, 1.807) is 24.0 Å². The third-order valence-electron chi connectivity index (χ3n) is 4.70. The molecule has 116 valence electrons. The number of amides is 1. The fourth-order valence-corrected chi connectivity index (χ4v) is 3.34. The van der Waals surface area contributed by atoms with Crippen LogP contribution in [0.25, 0.3) is 0 Å². The summed E-state index contributed by atoms with van der Waals surface area (Å²) < 4.78 is 7.65. The molecule has 0 unspecified atom stereocenters. The average molecular weight is 292 g/mol. The molecule has 1 amide bonds. The van der Waals surface area contributed by atoms with E-state index in [1.165, 1.54) is 0 Å². The van der Waals surface area contributed by atoms with E-state index in [2.05, 4.69) is 16.9 Å². The highest BCUT2D eigenvalue weighted by atomic mass is 16.5. The molecule has 3 heterocycles. The van der Waals surface area contributed by atoms with Gasteiger partial charge in [-0.1, -0.05) is 6.92 Å². The SMILES string of the molecule is CCN1CCO[C@@H]2CN(C(=O)c3ccnn3C)CC[C@@H]2C1. The molecule has 2 saturated heterocycles. The quantitative estimate of drug-likeness (QED) is 0.801. The summed E-state index contributed by atoms with van der Waals surface area (Å²) >= 11 is 0. The van der Waals surface area contributed by atoms with E-state index in [9.17, 15) is 4.79 Å². The summed E-state index contributed by atoms with van der Waals surface area (Å²) in [5, 5.41) is 4.08. The lowest BCUT2D eigenvalue weighted by atomic mass is 9.93. The minimum absolute atomic E-state index is 0.0636. The van der Waals surface area contributed by atoms with Crippen LogP contribution in [-0.4, -0.2) is 70.9 Å². The van der Waals surface area contributed by atoms with Gasteiger partial charge in [-0.3, -0.25) is 9.48 Å². The Hall–Kier alpha value is -1.40. The smallest absolute Gasteiger partial charge is 0.272 e. The van der Waals surface area contributed by atoms with Crippen molar-refractivity contribution in [1.29, 1.82) is 0 Å². The predicted molar refractivity (Wildman–Crippen MR) is 79.1 cm³/mol. The van der Waals surface area contributed by atoms with E-state index in [1.807, 2.05) is 4.90 Å². The van der Waals surface area contributed by atoms with Gasteiger partial charge in [0.2, 0.25) is 0 Å². The standard InChI is InChI=1S/C15H24N4O2/c1-3-18-8-9-21-14-11-19(7-5-12(14)10-18)15(20)13-4-6-16-17(13)2/h4,6,12,14H,3,5,7-11H2,1-2H3/t12-,14-/m1/s1. The highest BCUT2D eigenvalue weighted by molar-refractivity contribution is 5.92. The summed E-state index contributed by atoms with van der Waals surface area (Å²) in [4.78, 5) is 16.9. The third-order valence-corrected chi connectivity index (χ3v) is 4.70. The molecule has 2 fully saturated rings. The molecule has 0 radical (unpaired) electrons. The summed E-state index contributed by atoms with van der Waals surface area (Å²) in [7, 11) is 1.81. The first-order valence-electron chi connectivity index (χ1n) is 7.80. The van der Waals surface area contributed by atoms with Crippen LogP contribution in [0.2, 0.25) is 0 Å². The summed E-state index contributed by atoms with van der Waals surface area (Å²) in [5.41, 5.74) is 0.650. The summed E-state index contributed by atoms with van der Waals surface area (Å²) in [5.74, 6) is 0.608. The molecule has 2 atom stereocenters. The maximum atomic E-state index is 12.6. The molecule has 0 aliphatic carbocycles. The van der Waals surface area contributed by atoms with Crippen LogP contribution in [-0.2, 0) is 11.8 Å². The topological polar surface area (TPSA) is 50.6 Å². The number of likely N-dealkylation sites (tertiary alicyclic amines) is 1. The molecule has 0 bridgehead atoms. The van der Waals surface area contributed by atoms with Gasteiger partial charge in [-0.05, 0) is 19.0 Å². The van der Waals surface area contributed by atoms with Crippen molar-refractivity contribution in [1.82, 2.24) is 19.6 Å². The van der Waals surface area contributed by atoms with E-state index in [-0.39, 0.29) is 12.0 Å². The van der Waals surface area contributed by atoms with Gasteiger partial charge in [-0.15, -0.1) is 0 Å². The van der Waals surface area contributed by atoms with Crippen LogP contribution in [0.4, 0.5) is 0 Å². The average Bonchev–Trinajstić information content (AvgIpc) is 2.81. The monoisotopic (exact) mass is 292 g/mol. The van der Waals surface area contributed by atoms with Crippen molar-refractivity contribution in [2.24, 2.45) is 13.0 Å². The van der Waals surface area contributed by atoms with Gasteiger partial charge in [0.05, 0.1) is 12.7 Å². The molecule has 0 N–H and O–H groups in total. The Morgan fingerprint density at radius 3 is 3.00 bits per heavy atom. The number of rotatable bonds is 2. The minimum atomic E-state index is 0.0636. The third kappa shape index (κ3) is 2.96.